The van der Waals surface area contributed by atoms with Crippen LogP contribution in [0.1, 0.15) is 58.7 Å². The van der Waals surface area contributed by atoms with Crippen LogP contribution in [0, 0.1) is 0 Å². The lowest BCUT2D eigenvalue weighted by molar-refractivity contribution is -0.00397. The molecule has 0 aliphatic rings. The molecule has 0 amide bonds. The summed E-state index contributed by atoms with van der Waals surface area (Å²) in [5.41, 5.74) is 3.79. The van der Waals surface area contributed by atoms with Crippen LogP contribution in [0.3, 0.4) is 0 Å². The zero-order valence-electron chi connectivity index (χ0n) is 24.8. The minimum atomic E-state index is -0.718. The molecule has 4 rings (SSSR count). The molecular formula is C35H39NO6. The number of methoxy groups -OCH3 is 2. The minimum absolute atomic E-state index is 0.129. The fourth-order valence-corrected chi connectivity index (χ4v) is 5.09. The van der Waals surface area contributed by atoms with Crippen LogP contribution in [0.5, 0.6) is 0 Å². The van der Waals surface area contributed by atoms with Crippen molar-refractivity contribution in [3.63, 3.8) is 0 Å². The molecule has 42 heavy (non-hydrogen) atoms. The Morgan fingerprint density at radius 1 is 0.833 bits per heavy atom. The highest BCUT2D eigenvalue weighted by molar-refractivity contribution is 5.97. The highest BCUT2D eigenvalue weighted by Crippen LogP contribution is 2.32. The first kappa shape index (κ1) is 30.9. The number of aliphatic hydroxyl groups is 1. The van der Waals surface area contributed by atoms with Crippen LogP contribution in [0.4, 0.5) is 0 Å². The van der Waals surface area contributed by atoms with E-state index in [1.54, 1.807) is 12.1 Å². The summed E-state index contributed by atoms with van der Waals surface area (Å²) in [7, 11) is 2.59. The second-order valence-electron chi connectivity index (χ2n) is 11.1. The average molecular weight is 570 g/mol. The molecule has 7 heteroatoms. The lowest BCUT2D eigenvalue weighted by atomic mass is 9.93. The van der Waals surface area contributed by atoms with Crippen molar-refractivity contribution in [2.45, 2.75) is 44.9 Å². The summed E-state index contributed by atoms with van der Waals surface area (Å²) in [6.07, 6.45) is -0.276. The Kier molecular flexibility index (Phi) is 10.1. The highest BCUT2D eigenvalue weighted by Gasteiger charge is 2.21. The zero-order chi connectivity index (χ0) is 30.3. The molecule has 0 spiro atoms. The van der Waals surface area contributed by atoms with Crippen LogP contribution in [-0.4, -0.2) is 56.1 Å². The van der Waals surface area contributed by atoms with Gasteiger partial charge in [0.05, 0.1) is 44.2 Å². The van der Waals surface area contributed by atoms with Gasteiger partial charge >= 0.3 is 11.9 Å². The molecule has 0 fully saturated rings. The molecule has 2 atom stereocenters. The number of hydrogen-bond acceptors (Lipinski definition) is 7. The zero-order valence-corrected chi connectivity index (χ0v) is 24.8. The van der Waals surface area contributed by atoms with E-state index in [2.05, 4.69) is 49.5 Å². The number of fused-ring (bicyclic) bond motifs is 1. The quantitative estimate of drug-likeness (QED) is 0.198. The Morgan fingerprint density at radius 3 is 2.12 bits per heavy atom. The Bertz CT molecular complexity index is 1510. The Morgan fingerprint density at radius 2 is 1.45 bits per heavy atom. The van der Waals surface area contributed by atoms with Gasteiger partial charge in [-0.1, -0.05) is 66.7 Å². The number of nitrogens with one attached hydrogen (secondary N) is 1. The molecule has 0 heterocycles. The van der Waals surface area contributed by atoms with Crippen molar-refractivity contribution in [2.75, 3.05) is 27.4 Å². The van der Waals surface area contributed by atoms with Crippen LogP contribution in [0.15, 0.2) is 84.9 Å². The van der Waals surface area contributed by atoms with Gasteiger partial charge in [0.2, 0.25) is 0 Å². The van der Waals surface area contributed by atoms with Crippen LogP contribution < -0.4 is 5.32 Å². The van der Waals surface area contributed by atoms with Crippen molar-refractivity contribution in [3.8, 4) is 11.1 Å². The lowest BCUT2D eigenvalue weighted by Crippen LogP contribution is -2.46. The molecule has 0 aliphatic heterocycles. The maximum atomic E-state index is 12.3. The molecule has 4 aromatic carbocycles. The molecule has 0 saturated carbocycles. The molecule has 7 nitrogen and oxygen atoms in total. The van der Waals surface area contributed by atoms with Gasteiger partial charge in [-0.05, 0) is 78.4 Å². The summed E-state index contributed by atoms with van der Waals surface area (Å²) in [4.78, 5) is 24.6. The monoisotopic (exact) mass is 569 g/mol. The molecule has 0 saturated heterocycles. The van der Waals surface area contributed by atoms with E-state index in [1.807, 2.05) is 43.3 Å². The summed E-state index contributed by atoms with van der Waals surface area (Å²) in [5.74, 6) is -1.11. The van der Waals surface area contributed by atoms with Crippen molar-refractivity contribution in [2.24, 2.45) is 0 Å². The number of esters is 2. The van der Waals surface area contributed by atoms with E-state index >= 15 is 0 Å². The van der Waals surface area contributed by atoms with Gasteiger partial charge in [0, 0.05) is 12.1 Å². The van der Waals surface area contributed by atoms with Gasteiger partial charge in [-0.15, -0.1) is 0 Å². The van der Waals surface area contributed by atoms with E-state index in [0.717, 1.165) is 17.5 Å². The number of β-amino-alcohol motifs (C(OH)–C–C–N with tert-alkyl or cyclic N) is 1. The van der Waals surface area contributed by atoms with Gasteiger partial charge in [0.1, 0.15) is 0 Å². The number of hydrogen-bond donors (Lipinski definition) is 2. The fourth-order valence-electron chi connectivity index (χ4n) is 5.09. The number of carbonyl (C=O) groups excluding carboxylic acids is 2. The van der Waals surface area contributed by atoms with Crippen LogP contribution in [-0.2, 0) is 20.6 Å². The van der Waals surface area contributed by atoms with E-state index in [-0.39, 0.29) is 29.4 Å². The van der Waals surface area contributed by atoms with Gasteiger partial charge in [-0.3, -0.25) is 0 Å². The Hall–Kier alpha value is -4.04. The maximum absolute atomic E-state index is 12.3. The molecule has 2 N–H and O–H groups in total. The molecular weight excluding hydrogens is 530 g/mol. The summed E-state index contributed by atoms with van der Waals surface area (Å²) in [6.45, 7) is 6.66. The molecule has 4 aromatic rings. The Balaban J connectivity index is 1.40. The number of ether oxygens (including phenoxy) is 3. The fraction of sp³-hybridized carbons (Fsp3) is 0.314. The van der Waals surface area contributed by atoms with Crippen molar-refractivity contribution in [1.29, 1.82) is 0 Å². The van der Waals surface area contributed by atoms with E-state index < -0.39 is 18.0 Å². The number of benzene rings is 4. The smallest absolute Gasteiger partial charge is 0.337 e. The predicted molar refractivity (Wildman–Crippen MR) is 165 cm³/mol. The van der Waals surface area contributed by atoms with Gasteiger partial charge < -0.3 is 24.6 Å². The van der Waals surface area contributed by atoms with Crippen LogP contribution in [0.25, 0.3) is 21.9 Å². The number of rotatable bonds is 12. The molecule has 0 aliphatic carbocycles. The molecule has 1 unspecified atom stereocenters. The predicted octanol–water partition coefficient (Wildman–Crippen LogP) is 6.13. The third-order valence-corrected chi connectivity index (χ3v) is 7.30. The highest BCUT2D eigenvalue weighted by atomic mass is 16.5. The van der Waals surface area contributed by atoms with E-state index in [4.69, 9.17) is 14.2 Å². The van der Waals surface area contributed by atoms with Crippen molar-refractivity contribution >= 4 is 22.7 Å². The summed E-state index contributed by atoms with van der Waals surface area (Å²) in [6, 6.07) is 27.3. The van der Waals surface area contributed by atoms with Crippen LogP contribution in [0.2, 0.25) is 0 Å². The van der Waals surface area contributed by atoms with Crippen molar-refractivity contribution < 1.29 is 28.9 Å². The summed E-state index contributed by atoms with van der Waals surface area (Å²) in [5, 5.41) is 16.7. The molecule has 0 radical (unpaired) electrons. The first-order chi connectivity index (χ1) is 20.1. The normalized spacial score (nSPS) is 13.0. The largest absolute Gasteiger partial charge is 0.465 e. The molecule has 0 bridgehead atoms. The standard InChI is InChI=1S/C35H39NO6/c1-23(31-12-8-9-13-32(31)27-17-28(33(38)40-4)19-29(18-27)34(39)41-5)42-22-30(37)21-36-35(2,3)20-24-14-15-25-10-6-7-11-26(25)16-24/h6-19,23,30,36-37H,20-22H2,1-5H3/t23?,30-/m1/s1. The first-order valence-electron chi connectivity index (χ1n) is 14.0. The van der Waals surface area contributed by atoms with Crippen LogP contribution >= 0.6 is 0 Å². The van der Waals surface area contributed by atoms with Gasteiger partial charge in [0.25, 0.3) is 0 Å². The minimum Gasteiger partial charge on any atom is -0.465 e. The SMILES string of the molecule is COC(=O)c1cc(C(=O)OC)cc(-c2ccccc2C(C)OC[C@H](O)CNC(C)(C)Cc2ccc3ccccc3c2)c1. The summed E-state index contributed by atoms with van der Waals surface area (Å²) >= 11 is 0. The lowest BCUT2D eigenvalue weighted by Gasteiger charge is -2.28. The average Bonchev–Trinajstić information content (AvgIpc) is 3.01. The molecule has 0 aromatic heterocycles. The summed E-state index contributed by atoms with van der Waals surface area (Å²) < 4.78 is 15.9. The topological polar surface area (TPSA) is 94.1 Å². The van der Waals surface area contributed by atoms with Gasteiger partial charge in [0.15, 0.2) is 0 Å². The van der Waals surface area contributed by atoms with E-state index in [1.165, 1.54) is 36.6 Å². The second-order valence-corrected chi connectivity index (χ2v) is 11.1. The van der Waals surface area contributed by atoms with E-state index in [9.17, 15) is 14.7 Å². The number of carbonyl (C=O) groups is 2. The number of aliphatic hydroxyl groups excluding tert-OH is 1. The van der Waals surface area contributed by atoms with Crippen molar-refractivity contribution in [3.05, 3.63) is 107 Å². The second kappa shape index (κ2) is 13.7. The van der Waals surface area contributed by atoms with E-state index in [0.29, 0.717) is 12.1 Å². The van der Waals surface area contributed by atoms with Crippen molar-refractivity contribution in [1.82, 2.24) is 5.32 Å². The maximum Gasteiger partial charge on any atom is 0.337 e. The van der Waals surface area contributed by atoms with Gasteiger partial charge in [-0.2, -0.15) is 0 Å². The Labute approximate surface area is 247 Å². The first-order valence-corrected chi connectivity index (χ1v) is 14.0. The third kappa shape index (κ3) is 7.82. The van der Waals surface area contributed by atoms with Gasteiger partial charge in [-0.25, -0.2) is 9.59 Å². The molecule has 220 valence electrons. The third-order valence-electron chi connectivity index (χ3n) is 7.30.